The topological polar surface area (TPSA) is 90.1 Å². The van der Waals surface area contributed by atoms with E-state index in [0.717, 1.165) is 27.5 Å². The standard InChI is InChI=1S/C20H16N4O3/c25-20(21-12-16-6-5-14-3-1-2-4-18(14)22-16)13-23-10-9-15-11-17(24(26)27)7-8-19(15)23/h1-11H,12-13H2,(H,21,25). The molecule has 0 spiro atoms. The van der Waals surface area contributed by atoms with Crippen LogP contribution in [0.4, 0.5) is 5.69 Å². The molecular formula is C20H16N4O3. The molecule has 0 atom stereocenters. The lowest BCUT2D eigenvalue weighted by Crippen LogP contribution is -2.27. The highest BCUT2D eigenvalue weighted by molar-refractivity contribution is 5.85. The van der Waals surface area contributed by atoms with E-state index >= 15 is 0 Å². The van der Waals surface area contributed by atoms with Crippen LogP contribution in [0.5, 0.6) is 0 Å². The number of non-ortho nitro benzene ring substituents is 1. The first-order chi connectivity index (χ1) is 13.1. The Labute approximate surface area is 154 Å². The minimum Gasteiger partial charge on any atom is -0.349 e. The quantitative estimate of drug-likeness (QED) is 0.436. The molecule has 0 fully saturated rings. The maximum atomic E-state index is 12.3. The molecule has 1 N–H and O–H groups in total. The van der Waals surface area contributed by atoms with Crippen molar-refractivity contribution in [3.05, 3.63) is 82.7 Å². The van der Waals surface area contributed by atoms with Gasteiger partial charge in [-0.1, -0.05) is 24.3 Å². The van der Waals surface area contributed by atoms with Gasteiger partial charge in [-0.3, -0.25) is 19.9 Å². The van der Waals surface area contributed by atoms with Gasteiger partial charge in [0.15, 0.2) is 0 Å². The van der Waals surface area contributed by atoms with E-state index in [-0.39, 0.29) is 18.1 Å². The van der Waals surface area contributed by atoms with Crippen molar-refractivity contribution in [2.75, 3.05) is 0 Å². The molecule has 0 unspecified atom stereocenters. The molecule has 1 amide bonds. The number of para-hydroxylation sites is 1. The van der Waals surface area contributed by atoms with Gasteiger partial charge < -0.3 is 9.88 Å². The number of rotatable bonds is 5. The van der Waals surface area contributed by atoms with Gasteiger partial charge in [0.2, 0.25) is 5.91 Å². The molecule has 2 aromatic heterocycles. The third-order valence-electron chi connectivity index (χ3n) is 4.40. The molecular weight excluding hydrogens is 344 g/mol. The maximum absolute atomic E-state index is 12.3. The fraction of sp³-hybridized carbons (Fsp3) is 0.100. The van der Waals surface area contributed by atoms with Crippen molar-refractivity contribution >= 4 is 33.4 Å². The highest BCUT2D eigenvalue weighted by atomic mass is 16.6. The smallest absolute Gasteiger partial charge is 0.270 e. The Morgan fingerprint density at radius 2 is 1.93 bits per heavy atom. The minimum absolute atomic E-state index is 0.0343. The van der Waals surface area contributed by atoms with Crippen LogP contribution in [0, 0.1) is 10.1 Å². The average Bonchev–Trinajstić information content (AvgIpc) is 3.08. The number of nitro benzene ring substituents is 1. The first-order valence-electron chi connectivity index (χ1n) is 8.45. The Morgan fingerprint density at radius 1 is 1.07 bits per heavy atom. The minimum atomic E-state index is -0.431. The molecule has 7 heteroatoms. The second-order valence-electron chi connectivity index (χ2n) is 6.22. The van der Waals surface area contributed by atoms with Crippen molar-refractivity contribution in [2.24, 2.45) is 0 Å². The average molecular weight is 360 g/mol. The molecule has 0 radical (unpaired) electrons. The molecule has 2 heterocycles. The molecule has 0 saturated heterocycles. The van der Waals surface area contributed by atoms with Crippen molar-refractivity contribution in [3.63, 3.8) is 0 Å². The molecule has 27 heavy (non-hydrogen) atoms. The molecule has 4 aromatic rings. The van der Waals surface area contributed by atoms with Crippen LogP contribution in [-0.4, -0.2) is 20.4 Å². The zero-order valence-corrected chi connectivity index (χ0v) is 14.3. The van der Waals surface area contributed by atoms with E-state index in [1.54, 1.807) is 22.9 Å². The number of carbonyl (C=O) groups excluding carboxylic acids is 1. The molecule has 0 aliphatic heterocycles. The van der Waals surface area contributed by atoms with Gasteiger partial charge >= 0.3 is 0 Å². The summed E-state index contributed by atoms with van der Waals surface area (Å²) in [6.45, 7) is 0.475. The summed E-state index contributed by atoms with van der Waals surface area (Å²) < 4.78 is 1.77. The molecule has 7 nitrogen and oxygen atoms in total. The van der Waals surface area contributed by atoms with Crippen LogP contribution in [0.25, 0.3) is 21.8 Å². The van der Waals surface area contributed by atoms with Crippen LogP contribution >= 0.6 is 0 Å². The molecule has 0 saturated carbocycles. The normalized spacial score (nSPS) is 11.0. The van der Waals surface area contributed by atoms with E-state index in [0.29, 0.717) is 6.54 Å². The number of aromatic nitrogens is 2. The van der Waals surface area contributed by atoms with E-state index < -0.39 is 4.92 Å². The van der Waals surface area contributed by atoms with Crippen LogP contribution in [-0.2, 0) is 17.9 Å². The number of pyridine rings is 1. The van der Waals surface area contributed by atoms with E-state index in [4.69, 9.17) is 0 Å². The van der Waals surface area contributed by atoms with Gasteiger partial charge in [-0.25, -0.2) is 0 Å². The predicted molar refractivity (Wildman–Crippen MR) is 102 cm³/mol. The van der Waals surface area contributed by atoms with E-state index in [1.165, 1.54) is 12.1 Å². The monoisotopic (exact) mass is 360 g/mol. The predicted octanol–water partition coefficient (Wildman–Crippen LogP) is 3.41. The van der Waals surface area contributed by atoms with Crippen LogP contribution in [0.3, 0.4) is 0 Å². The number of nitrogens with zero attached hydrogens (tertiary/aromatic N) is 3. The van der Waals surface area contributed by atoms with Crippen molar-refractivity contribution in [1.82, 2.24) is 14.9 Å². The second-order valence-corrected chi connectivity index (χ2v) is 6.22. The lowest BCUT2D eigenvalue weighted by molar-refractivity contribution is -0.384. The summed E-state index contributed by atoms with van der Waals surface area (Å²) in [7, 11) is 0. The van der Waals surface area contributed by atoms with Gasteiger partial charge in [0.1, 0.15) is 6.54 Å². The SMILES string of the molecule is O=C(Cn1ccc2cc([N+](=O)[O-])ccc21)NCc1ccc2ccccc2n1. The first kappa shape index (κ1) is 16.7. The zero-order chi connectivity index (χ0) is 18.8. The van der Waals surface area contributed by atoms with Crippen LogP contribution < -0.4 is 5.32 Å². The van der Waals surface area contributed by atoms with Crippen LogP contribution in [0.1, 0.15) is 5.69 Å². The lowest BCUT2D eigenvalue weighted by Gasteiger charge is -2.08. The fourth-order valence-corrected chi connectivity index (χ4v) is 3.05. The van der Waals surface area contributed by atoms with Gasteiger partial charge in [-0.2, -0.15) is 0 Å². The number of benzene rings is 2. The second kappa shape index (κ2) is 6.87. The zero-order valence-electron chi connectivity index (χ0n) is 14.3. The largest absolute Gasteiger partial charge is 0.349 e. The number of nitrogens with one attached hydrogen (secondary N) is 1. The number of amides is 1. The summed E-state index contributed by atoms with van der Waals surface area (Å²) >= 11 is 0. The van der Waals surface area contributed by atoms with Gasteiger partial charge in [0, 0.05) is 34.6 Å². The summed E-state index contributed by atoms with van der Waals surface area (Å²) in [5.41, 5.74) is 2.49. The van der Waals surface area contributed by atoms with Crippen LogP contribution in [0.2, 0.25) is 0 Å². The third-order valence-corrected chi connectivity index (χ3v) is 4.40. The fourth-order valence-electron chi connectivity index (χ4n) is 3.05. The van der Waals surface area contributed by atoms with Crippen molar-refractivity contribution < 1.29 is 9.72 Å². The molecule has 134 valence electrons. The molecule has 2 aromatic carbocycles. The maximum Gasteiger partial charge on any atom is 0.270 e. The van der Waals surface area contributed by atoms with Crippen molar-refractivity contribution in [3.8, 4) is 0 Å². The Kier molecular flexibility index (Phi) is 4.25. The highest BCUT2D eigenvalue weighted by Gasteiger charge is 2.11. The Bertz CT molecular complexity index is 1170. The molecule has 0 aliphatic rings. The summed E-state index contributed by atoms with van der Waals surface area (Å²) in [5, 5.41) is 15.5. The first-order valence-corrected chi connectivity index (χ1v) is 8.45. The molecule has 0 aliphatic carbocycles. The number of hydrogen-bond acceptors (Lipinski definition) is 4. The van der Waals surface area contributed by atoms with Crippen LogP contribution in [0.15, 0.2) is 66.9 Å². The van der Waals surface area contributed by atoms with E-state index in [2.05, 4.69) is 10.3 Å². The highest BCUT2D eigenvalue weighted by Crippen LogP contribution is 2.21. The Morgan fingerprint density at radius 3 is 2.78 bits per heavy atom. The molecule has 0 bridgehead atoms. The van der Waals surface area contributed by atoms with E-state index in [9.17, 15) is 14.9 Å². The summed E-state index contributed by atoms with van der Waals surface area (Å²) in [6, 6.07) is 18.1. The van der Waals surface area contributed by atoms with Crippen molar-refractivity contribution in [2.45, 2.75) is 13.1 Å². The number of nitro groups is 1. The summed E-state index contributed by atoms with van der Waals surface area (Å²) in [6.07, 6.45) is 1.75. The molecule has 4 rings (SSSR count). The van der Waals surface area contributed by atoms with Gasteiger partial charge in [-0.05, 0) is 24.3 Å². The Hall–Kier alpha value is -3.74. The lowest BCUT2D eigenvalue weighted by atomic mass is 10.2. The van der Waals surface area contributed by atoms with Gasteiger partial charge in [0.25, 0.3) is 5.69 Å². The Balaban J connectivity index is 1.44. The number of fused-ring (bicyclic) bond motifs is 2. The third kappa shape index (κ3) is 3.48. The van der Waals surface area contributed by atoms with E-state index in [1.807, 2.05) is 36.4 Å². The van der Waals surface area contributed by atoms with Gasteiger partial charge in [0.05, 0.1) is 22.7 Å². The number of hydrogen-bond donors (Lipinski definition) is 1. The van der Waals surface area contributed by atoms with Crippen molar-refractivity contribution in [1.29, 1.82) is 0 Å². The number of carbonyl (C=O) groups is 1. The summed E-state index contributed by atoms with van der Waals surface area (Å²) in [4.78, 5) is 27.3. The summed E-state index contributed by atoms with van der Waals surface area (Å²) in [5.74, 6) is -0.152. The van der Waals surface area contributed by atoms with Gasteiger partial charge in [-0.15, -0.1) is 0 Å².